The first-order valence-corrected chi connectivity index (χ1v) is 18.1. The van der Waals surface area contributed by atoms with E-state index in [1.54, 1.807) is 36.4 Å². The minimum atomic E-state index is -4.38. The van der Waals surface area contributed by atoms with E-state index in [1.807, 2.05) is 37.3 Å². The number of hydrogen-bond acceptors (Lipinski definition) is 4. The summed E-state index contributed by atoms with van der Waals surface area (Å²) in [7, 11) is -4.38. The van der Waals surface area contributed by atoms with Crippen LogP contribution in [-0.4, -0.2) is 43.8 Å². The summed E-state index contributed by atoms with van der Waals surface area (Å²) in [4.78, 5) is 30.0. The van der Waals surface area contributed by atoms with E-state index in [9.17, 15) is 18.0 Å². The molecule has 4 aromatic rings. The zero-order chi connectivity index (χ0) is 34.3. The number of halogens is 3. The Balaban J connectivity index is 1.59. The van der Waals surface area contributed by atoms with Crippen molar-refractivity contribution in [3.8, 4) is 0 Å². The van der Waals surface area contributed by atoms with E-state index >= 15 is 4.39 Å². The predicted octanol–water partition coefficient (Wildman–Crippen LogP) is 7.73. The molecule has 1 aliphatic rings. The molecule has 48 heavy (non-hydrogen) atoms. The molecular formula is C37H38Cl2FN3O4S. The monoisotopic (exact) mass is 709 g/mol. The van der Waals surface area contributed by atoms with Gasteiger partial charge in [0, 0.05) is 24.6 Å². The number of rotatable bonds is 12. The van der Waals surface area contributed by atoms with Crippen LogP contribution in [0.2, 0.25) is 10.0 Å². The molecule has 1 saturated carbocycles. The third kappa shape index (κ3) is 8.56. The van der Waals surface area contributed by atoms with Crippen LogP contribution in [-0.2, 0) is 32.6 Å². The van der Waals surface area contributed by atoms with Crippen molar-refractivity contribution in [1.82, 2.24) is 10.2 Å². The highest BCUT2D eigenvalue weighted by Gasteiger charge is 2.36. The van der Waals surface area contributed by atoms with Crippen LogP contribution in [0.15, 0.2) is 102 Å². The summed E-state index contributed by atoms with van der Waals surface area (Å²) in [5, 5.41) is 3.18. The highest BCUT2D eigenvalue weighted by Crippen LogP contribution is 2.36. The largest absolute Gasteiger partial charge is 0.352 e. The topological polar surface area (TPSA) is 86.8 Å². The van der Waals surface area contributed by atoms with Crippen LogP contribution in [0, 0.1) is 12.7 Å². The normalized spacial score (nSPS) is 14.2. The van der Waals surface area contributed by atoms with Crippen LogP contribution in [0.4, 0.5) is 10.1 Å². The molecule has 1 fully saturated rings. The van der Waals surface area contributed by atoms with Crippen LogP contribution in [0.5, 0.6) is 0 Å². The summed E-state index contributed by atoms with van der Waals surface area (Å²) in [6.07, 6.45) is 4.83. The Morgan fingerprint density at radius 1 is 0.875 bits per heavy atom. The van der Waals surface area contributed by atoms with Gasteiger partial charge in [0.05, 0.1) is 20.6 Å². The number of nitrogens with one attached hydrogen (secondary N) is 1. The number of nitrogens with zero attached hydrogens (tertiary/aromatic N) is 2. The minimum Gasteiger partial charge on any atom is -0.352 e. The van der Waals surface area contributed by atoms with Gasteiger partial charge in [-0.15, -0.1) is 0 Å². The quantitative estimate of drug-likeness (QED) is 0.163. The minimum absolute atomic E-state index is 0.00444. The van der Waals surface area contributed by atoms with Gasteiger partial charge in [-0.2, -0.15) is 0 Å². The molecule has 1 unspecified atom stereocenters. The van der Waals surface area contributed by atoms with Crippen LogP contribution in [0.1, 0.15) is 48.8 Å². The fraction of sp³-hybridized carbons (Fsp3) is 0.297. The fourth-order valence-electron chi connectivity index (χ4n) is 5.94. The van der Waals surface area contributed by atoms with Crippen molar-refractivity contribution in [1.29, 1.82) is 0 Å². The average Bonchev–Trinajstić information content (AvgIpc) is 3.08. The number of amides is 2. The number of anilines is 1. The van der Waals surface area contributed by atoms with Gasteiger partial charge in [0.2, 0.25) is 11.8 Å². The lowest BCUT2D eigenvalue weighted by Crippen LogP contribution is -2.55. The van der Waals surface area contributed by atoms with Crippen LogP contribution >= 0.6 is 23.2 Å². The Morgan fingerprint density at radius 2 is 1.54 bits per heavy atom. The molecule has 0 spiro atoms. The maximum atomic E-state index is 15.2. The lowest BCUT2D eigenvalue weighted by Gasteiger charge is -2.35. The van der Waals surface area contributed by atoms with Gasteiger partial charge < -0.3 is 10.2 Å². The van der Waals surface area contributed by atoms with E-state index < -0.39 is 34.3 Å². The third-order valence-electron chi connectivity index (χ3n) is 8.61. The van der Waals surface area contributed by atoms with Gasteiger partial charge in [-0.05, 0) is 55.7 Å². The Hall–Kier alpha value is -3.92. The van der Waals surface area contributed by atoms with E-state index in [2.05, 4.69) is 5.32 Å². The van der Waals surface area contributed by atoms with E-state index in [0.29, 0.717) is 0 Å². The van der Waals surface area contributed by atoms with E-state index in [4.69, 9.17) is 23.2 Å². The first-order valence-electron chi connectivity index (χ1n) is 15.9. The highest BCUT2D eigenvalue weighted by molar-refractivity contribution is 7.92. The first-order chi connectivity index (χ1) is 23.0. The predicted molar refractivity (Wildman–Crippen MR) is 188 cm³/mol. The fourth-order valence-corrected chi connectivity index (χ4v) is 7.82. The van der Waals surface area contributed by atoms with Crippen molar-refractivity contribution in [2.45, 2.75) is 69.0 Å². The van der Waals surface area contributed by atoms with Gasteiger partial charge in [-0.1, -0.05) is 115 Å². The number of carbonyl (C=O) groups is 2. The molecule has 0 bridgehead atoms. The van der Waals surface area contributed by atoms with Crippen molar-refractivity contribution in [3.05, 3.63) is 130 Å². The molecular weight excluding hydrogens is 672 g/mol. The molecule has 1 N–H and O–H groups in total. The smallest absolute Gasteiger partial charge is 0.264 e. The van der Waals surface area contributed by atoms with Crippen molar-refractivity contribution in [2.24, 2.45) is 0 Å². The van der Waals surface area contributed by atoms with Gasteiger partial charge in [0.15, 0.2) is 0 Å². The number of carbonyl (C=O) groups excluding carboxylic acids is 2. The molecule has 1 atom stereocenters. The highest BCUT2D eigenvalue weighted by atomic mass is 35.5. The number of benzene rings is 4. The van der Waals surface area contributed by atoms with Gasteiger partial charge in [0.25, 0.3) is 10.0 Å². The Labute approximate surface area is 291 Å². The van der Waals surface area contributed by atoms with Gasteiger partial charge in [-0.25, -0.2) is 12.8 Å². The maximum absolute atomic E-state index is 15.2. The molecule has 5 rings (SSSR count). The lowest BCUT2D eigenvalue weighted by molar-refractivity contribution is -0.140. The van der Waals surface area contributed by atoms with Crippen molar-refractivity contribution < 1.29 is 22.4 Å². The average molecular weight is 711 g/mol. The van der Waals surface area contributed by atoms with Gasteiger partial charge >= 0.3 is 0 Å². The molecule has 2 amide bonds. The lowest BCUT2D eigenvalue weighted by atomic mass is 9.94. The molecule has 0 saturated heterocycles. The number of sulfonamides is 1. The van der Waals surface area contributed by atoms with Gasteiger partial charge in [0.1, 0.15) is 18.4 Å². The van der Waals surface area contributed by atoms with Crippen LogP contribution in [0.3, 0.4) is 0 Å². The number of aryl methyl sites for hydroxylation is 1. The second-order valence-electron chi connectivity index (χ2n) is 12.1. The SMILES string of the molecule is Cc1ccc(S(=O)(=O)N(CC(=O)N(Cc2ccccc2F)C(Cc2ccccc2)C(=O)NC2CCCCC2)c2cccc(Cl)c2Cl)cc1. The second-order valence-corrected chi connectivity index (χ2v) is 14.7. The Kier molecular flexibility index (Phi) is 11.8. The summed E-state index contributed by atoms with van der Waals surface area (Å²) in [5.74, 6) is -1.66. The molecule has 252 valence electrons. The van der Waals surface area contributed by atoms with Crippen molar-refractivity contribution in [2.75, 3.05) is 10.8 Å². The summed E-state index contributed by atoms with van der Waals surface area (Å²) in [6, 6.07) is 24.8. The zero-order valence-electron chi connectivity index (χ0n) is 26.6. The second kappa shape index (κ2) is 16.0. The van der Waals surface area contributed by atoms with E-state index in [1.165, 1.54) is 35.2 Å². The molecule has 0 aliphatic heterocycles. The summed E-state index contributed by atoms with van der Waals surface area (Å²) in [6.45, 7) is 0.826. The molecule has 11 heteroatoms. The van der Waals surface area contributed by atoms with E-state index in [0.717, 1.165) is 47.5 Å². The molecule has 7 nitrogen and oxygen atoms in total. The maximum Gasteiger partial charge on any atom is 0.264 e. The molecule has 4 aromatic carbocycles. The molecule has 0 heterocycles. The van der Waals surface area contributed by atoms with Crippen LogP contribution in [0.25, 0.3) is 0 Å². The summed E-state index contributed by atoms with van der Waals surface area (Å²) >= 11 is 12.9. The Morgan fingerprint density at radius 3 is 2.23 bits per heavy atom. The van der Waals surface area contributed by atoms with Gasteiger partial charge in [-0.3, -0.25) is 13.9 Å². The number of hydrogen-bond donors (Lipinski definition) is 1. The molecule has 1 aliphatic carbocycles. The zero-order valence-corrected chi connectivity index (χ0v) is 28.9. The Bertz CT molecular complexity index is 1840. The molecule has 0 aromatic heterocycles. The van der Waals surface area contributed by atoms with Crippen molar-refractivity contribution >= 4 is 50.7 Å². The van der Waals surface area contributed by atoms with Crippen LogP contribution < -0.4 is 9.62 Å². The summed E-state index contributed by atoms with van der Waals surface area (Å²) in [5.41, 5.74) is 1.81. The standard InChI is InChI=1S/C37H38Cl2FN3O4S/c1-26-19-21-30(22-20-26)48(46,47)43(33-18-10-16-31(38)36(33)39)25-35(44)42(24-28-13-8-9-17-32(28)40)34(23-27-11-4-2-5-12-27)37(45)41-29-14-6-3-7-15-29/h2,4-5,8-13,16-22,29,34H,3,6-7,14-15,23-25H2,1H3,(H,41,45). The summed E-state index contributed by atoms with van der Waals surface area (Å²) < 4.78 is 44.6. The molecule has 0 radical (unpaired) electrons. The third-order valence-corrected chi connectivity index (χ3v) is 11.2. The van der Waals surface area contributed by atoms with Crippen molar-refractivity contribution in [3.63, 3.8) is 0 Å². The van der Waals surface area contributed by atoms with E-state index in [-0.39, 0.29) is 51.1 Å². The first kappa shape index (κ1) is 35.4.